The van der Waals surface area contributed by atoms with E-state index in [2.05, 4.69) is 5.32 Å². The predicted molar refractivity (Wildman–Crippen MR) is 92.4 cm³/mol. The molecule has 2 heterocycles. The lowest BCUT2D eigenvalue weighted by atomic mass is 10.0. The minimum Gasteiger partial charge on any atom is -0.331 e. The Morgan fingerprint density at radius 2 is 2.21 bits per heavy atom. The van der Waals surface area contributed by atoms with Crippen molar-refractivity contribution < 1.29 is 17.6 Å². The molecule has 2 aliphatic rings. The molecule has 0 aliphatic carbocycles. The van der Waals surface area contributed by atoms with Crippen LogP contribution in [0.1, 0.15) is 24.4 Å². The van der Waals surface area contributed by atoms with Crippen molar-refractivity contribution >= 4 is 27.6 Å². The summed E-state index contributed by atoms with van der Waals surface area (Å²) in [6, 6.07) is 4.29. The third kappa shape index (κ3) is 4.22. The maximum atomic E-state index is 13.5. The van der Waals surface area contributed by atoms with E-state index in [1.165, 1.54) is 18.4 Å². The van der Waals surface area contributed by atoms with Crippen molar-refractivity contribution in [3.63, 3.8) is 0 Å². The molecule has 2 atom stereocenters. The Hall–Kier alpha value is -1.28. The smallest absolute Gasteiger partial charge is 0.317 e. The number of nitrogens with one attached hydrogen (secondary N) is 1. The van der Waals surface area contributed by atoms with Gasteiger partial charge >= 0.3 is 6.03 Å². The molecular weight excluding hydrogens is 351 g/mol. The fraction of sp³-hybridized carbons (Fsp3) is 0.562. The van der Waals surface area contributed by atoms with Crippen LogP contribution in [0.2, 0.25) is 0 Å². The number of hydrogen-bond donors (Lipinski definition) is 1. The van der Waals surface area contributed by atoms with E-state index in [-0.39, 0.29) is 29.6 Å². The zero-order chi connectivity index (χ0) is 17.3. The van der Waals surface area contributed by atoms with Crippen molar-refractivity contribution in [3.05, 3.63) is 29.6 Å². The van der Waals surface area contributed by atoms with Crippen LogP contribution in [0.15, 0.2) is 23.1 Å². The quantitative estimate of drug-likeness (QED) is 0.885. The summed E-state index contributed by atoms with van der Waals surface area (Å²) in [7, 11) is -3.03. The highest BCUT2D eigenvalue weighted by atomic mass is 32.2. The molecule has 0 spiro atoms. The topological polar surface area (TPSA) is 66.5 Å². The number of likely N-dealkylation sites (tertiary alicyclic amines) is 1. The zero-order valence-electron chi connectivity index (χ0n) is 13.5. The van der Waals surface area contributed by atoms with E-state index < -0.39 is 9.84 Å². The third-order valence-corrected chi connectivity index (χ3v) is 6.62. The third-order valence-electron chi connectivity index (χ3n) is 4.42. The van der Waals surface area contributed by atoms with Crippen LogP contribution in [-0.2, 0) is 9.84 Å². The summed E-state index contributed by atoms with van der Waals surface area (Å²) >= 11 is 1.67. The minimum atomic E-state index is -3.03. The SMILES string of the molecule is CS(=O)(=O)CC1CCN(C(=O)NC2CCSc3ccc(F)cc32)C1. The van der Waals surface area contributed by atoms with Crippen molar-refractivity contribution in [1.29, 1.82) is 0 Å². The van der Waals surface area contributed by atoms with E-state index in [1.807, 2.05) is 0 Å². The first-order chi connectivity index (χ1) is 11.3. The summed E-state index contributed by atoms with van der Waals surface area (Å²) in [6.45, 7) is 1.01. The van der Waals surface area contributed by atoms with Gasteiger partial charge in [0.25, 0.3) is 0 Å². The number of nitrogens with zero attached hydrogens (tertiary/aromatic N) is 1. The van der Waals surface area contributed by atoms with Gasteiger partial charge in [-0.15, -0.1) is 11.8 Å². The molecule has 132 valence electrons. The Morgan fingerprint density at radius 3 is 2.96 bits per heavy atom. The van der Waals surface area contributed by atoms with Crippen molar-refractivity contribution in [1.82, 2.24) is 10.2 Å². The van der Waals surface area contributed by atoms with Gasteiger partial charge in [0, 0.05) is 30.0 Å². The number of urea groups is 1. The number of carbonyl (C=O) groups is 1. The molecule has 0 radical (unpaired) electrons. The van der Waals surface area contributed by atoms with Gasteiger partial charge in [0.1, 0.15) is 15.7 Å². The van der Waals surface area contributed by atoms with Crippen LogP contribution in [0.25, 0.3) is 0 Å². The average Bonchev–Trinajstić information content (AvgIpc) is 2.94. The molecule has 3 rings (SSSR count). The van der Waals surface area contributed by atoms with Crippen LogP contribution < -0.4 is 5.32 Å². The maximum absolute atomic E-state index is 13.5. The van der Waals surface area contributed by atoms with Crippen LogP contribution in [0.5, 0.6) is 0 Å². The molecule has 2 unspecified atom stereocenters. The second kappa shape index (κ2) is 6.92. The van der Waals surface area contributed by atoms with Gasteiger partial charge < -0.3 is 10.2 Å². The van der Waals surface area contributed by atoms with E-state index in [9.17, 15) is 17.6 Å². The molecule has 1 aromatic rings. The van der Waals surface area contributed by atoms with E-state index in [0.29, 0.717) is 19.5 Å². The molecule has 0 aromatic heterocycles. The number of hydrogen-bond acceptors (Lipinski definition) is 4. The second-order valence-corrected chi connectivity index (χ2v) is 9.84. The Balaban J connectivity index is 1.63. The number of benzene rings is 1. The lowest BCUT2D eigenvalue weighted by Crippen LogP contribution is -2.41. The van der Waals surface area contributed by atoms with Crippen LogP contribution in [0.3, 0.4) is 0 Å². The molecule has 1 saturated heterocycles. The fourth-order valence-corrected chi connectivity index (χ4v) is 5.57. The van der Waals surface area contributed by atoms with E-state index >= 15 is 0 Å². The number of fused-ring (bicyclic) bond motifs is 1. The van der Waals surface area contributed by atoms with Gasteiger partial charge in [0.15, 0.2) is 0 Å². The number of thioether (sulfide) groups is 1. The van der Waals surface area contributed by atoms with Crippen molar-refractivity contribution in [2.45, 2.75) is 23.8 Å². The summed E-state index contributed by atoms with van der Waals surface area (Å²) < 4.78 is 36.3. The number of carbonyl (C=O) groups excluding carboxylic acids is 1. The Morgan fingerprint density at radius 1 is 1.42 bits per heavy atom. The predicted octanol–water partition coefficient (Wildman–Crippen LogP) is 2.44. The van der Waals surface area contributed by atoms with Gasteiger partial charge in [-0.05, 0) is 42.5 Å². The molecule has 1 N–H and O–H groups in total. The van der Waals surface area contributed by atoms with Crippen molar-refractivity contribution in [2.75, 3.05) is 30.9 Å². The van der Waals surface area contributed by atoms with Gasteiger partial charge in [0.2, 0.25) is 0 Å². The van der Waals surface area contributed by atoms with E-state index in [4.69, 9.17) is 0 Å². The largest absolute Gasteiger partial charge is 0.331 e. The number of rotatable bonds is 3. The minimum absolute atomic E-state index is 0.00241. The highest BCUT2D eigenvalue weighted by Crippen LogP contribution is 2.36. The number of halogens is 1. The van der Waals surface area contributed by atoms with Crippen molar-refractivity contribution in [2.24, 2.45) is 5.92 Å². The van der Waals surface area contributed by atoms with Gasteiger partial charge in [-0.2, -0.15) is 0 Å². The van der Waals surface area contributed by atoms with Crippen molar-refractivity contribution in [3.8, 4) is 0 Å². The van der Waals surface area contributed by atoms with E-state index in [0.717, 1.165) is 22.6 Å². The first kappa shape index (κ1) is 17.5. The summed E-state index contributed by atoms with van der Waals surface area (Å²) in [6.07, 6.45) is 2.68. The molecular formula is C16H21FN2O3S2. The highest BCUT2D eigenvalue weighted by molar-refractivity contribution is 7.99. The van der Waals surface area contributed by atoms with E-state index in [1.54, 1.807) is 22.7 Å². The molecule has 8 heteroatoms. The number of amides is 2. The number of sulfone groups is 1. The monoisotopic (exact) mass is 372 g/mol. The van der Waals surface area contributed by atoms with Crippen LogP contribution in [0.4, 0.5) is 9.18 Å². The second-order valence-electron chi connectivity index (χ2n) is 6.51. The molecule has 1 aromatic carbocycles. The molecule has 5 nitrogen and oxygen atoms in total. The van der Waals surface area contributed by atoms with Crippen LogP contribution in [-0.4, -0.2) is 50.2 Å². The summed E-state index contributed by atoms with van der Waals surface area (Å²) in [5.41, 5.74) is 0.825. The van der Waals surface area contributed by atoms with Gasteiger partial charge in [-0.1, -0.05) is 0 Å². The average molecular weight is 372 g/mol. The van der Waals surface area contributed by atoms with Gasteiger partial charge in [-0.3, -0.25) is 0 Å². The Labute approximate surface area is 145 Å². The van der Waals surface area contributed by atoms with Gasteiger partial charge in [0.05, 0.1) is 11.8 Å². The van der Waals surface area contributed by atoms with Gasteiger partial charge in [-0.25, -0.2) is 17.6 Å². The Bertz CT molecular complexity index is 739. The fourth-order valence-electron chi connectivity index (χ4n) is 3.34. The highest BCUT2D eigenvalue weighted by Gasteiger charge is 2.31. The standard InChI is InChI=1S/C16H21FN2O3S2/c1-24(21,22)10-11-4-6-19(9-11)16(20)18-14-5-7-23-15-3-2-12(17)8-13(14)15/h2-3,8,11,14H,4-7,9-10H2,1H3,(H,18,20). The summed E-state index contributed by atoms with van der Waals surface area (Å²) in [5.74, 6) is 0.688. The lowest BCUT2D eigenvalue weighted by Gasteiger charge is -2.28. The first-order valence-corrected chi connectivity index (χ1v) is 11.0. The Kier molecular flexibility index (Phi) is 5.05. The maximum Gasteiger partial charge on any atom is 0.317 e. The summed E-state index contributed by atoms with van der Waals surface area (Å²) in [4.78, 5) is 15.2. The molecule has 2 amide bonds. The van der Waals surface area contributed by atoms with Crippen LogP contribution >= 0.6 is 11.8 Å². The summed E-state index contributed by atoms with van der Waals surface area (Å²) in [5, 5.41) is 2.99. The molecule has 24 heavy (non-hydrogen) atoms. The normalized spacial score (nSPS) is 23.8. The molecule has 2 aliphatic heterocycles. The zero-order valence-corrected chi connectivity index (χ0v) is 15.1. The first-order valence-electron chi connectivity index (χ1n) is 7.97. The molecule has 1 fully saturated rings. The lowest BCUT2D eigenvalue weighted by molar-refractivity contribution is 0.202. The molecule has 0 bridgehead atoms. The molecule has 0 saturated carbocycles. The van der Waals surface area contributed by atoms with Crippen LogP contribution in [0, 0.1) is 11.7 Å².